The molecule has 0 saturated heterocycles. The van der Waals surface area contributed by atoms with Crippen LogP contribution in [0, 0.1) is 0 Å². The zero-order valence-electron chi connectivity index (χ0n) is 15.6. The number of unbranched alkanes of at least 4 members (excludes halogenated alkanes) is 2. The molecule has 0 radical (unpaired) electrons. The van der Waals surface area contributed by atoms with Gasteiger partial charge in [0.25, 0.3) is 5.91 Å². The monoisotopic (exact) mass is 413 g/mol. The number of aromatic nitrogens is 2. The molecular weight excluding hydrogens is 390 g/mol. The van der Waals surface area contributed by atoms with E-state index in [9.17, 15) is 4.79 Å². The first-order valence-corrected chi connectivity index (χ1v) is 10.5. The van der Waals surface area contributed by atoms with Crippen LogP contribution in [0.5, 0.6) is 0 Å². The van der Waals surface area contributed by atoms with Crippen molar-refractivity contribution in [1.29, 1.82) is 0 Å². The summed E-state index contributed by atoms with van der Waals surface area (Å²) < 4.78 is 1.71. The molecule has 0 atom stereocenters. The van der Waals surface area contributed by atoms with Gasteiger partial charge in [0.05, 0.1) is 16.1 Å². The van der Waals surface area contributed by atoms with Gasteiger partial charge in [-0.05, 0) is 42.2 Å². The number of carbonyl (C=O) groups is 1. The molecule has 0 aliphatic rings. The molecule has 0 saturated carbocycles. The van der Waals surface area contributed by atoms with Crippen molar-refractivity contribution >= 4 is 34.6 Å². The highest BCUT2D eigenvalue weighted by atomic mass is 32.1. The van der Waals surface area contributed by atoms with Crippen LogP contribution in [0.1, 0.15) is 36.5 Å². The molecule has 3 N–H and O–H groups in total. The van der Waals surface area contributed by atoms with Crippen molar-refractivity contribution in [3.63, 3.8) is 0 Å². The fourth-order valence-corrected chi connectivity index (χ4v) is 3.53. The number of amides is 1. The smallest absolute Gasteiger partial charge is 0.273 e. The standard InChI is InChI=1S/C20H23N5OS2/c1-2-3-7-12-21-20(27)23-22-19(26)16-14-25(15-9-5-4-6-10-15)24-18(16)17-11-8-13-28-17/h4-6,8-11,13-14H,2-3,7,12H2,1H3,(H,22,26)(H2,21,23,27). The average molecular weight is 414 g/mol. The van der Waals surface area contributed by atoms with Crippen molar-refractivity contribution < 1.29 is 4.79 Å². The SMILES string of the molecule is CCCCCNC(=S)NNC(=O)c1cn(-c2ccccc2)nc1-c1cccs1. The molecule has 0 fully saturated rings. The van der Waals surface area contributed by atoms with Gasteiger partial charge in [-0.15, -0.1) is 11.3 Å². The van der Waals surface area contributed by atoms with Gasteiger partial charge in [0, 0.05) is 12.7 Å². The minimum absolute atomic E-state index is 0.289. The van der Waals surface area contributed by atoms with Gasteiger partial charge in [-0.3, -0.25) is 15.6 Å². The Bertz CT molecular complexity index is 906. The Morgan fingerprint density at radius 1 is 1.14 bits per heavy atom. The van der Waals surface area contributed by atoms with Crippen LogP contribution in [-0.2, 0) is 0 Å². The molecule has 28 heavy (non-hydrogen) atoms. The molecule has 1 amide bonds. The average Bonchev–Trinajstić information content (AvgIpc) is 3.40. The molecule has 6 nitrogen and oxygen atoms in total. The molecule has 0 unspecified atom stereocenters. The summed E-state index contributed by atoms with van der Waals surface area (Å²) in [6, 6.07) is 13.6. The first-order chi connectivity index (χ1) is 13.7. The Kier molecular flexibility index (Phi) is 7.16. The van der Waals surface area contributed by atoms with E-state index in [4.69, 9.17) is 12.2 Å². The molecule has 0 aliphatic carbocycles. The van der Waals surface area contributed by atoms with Gasteiger partial charge < -0.3 is 5.32 Å². The Morgan fingerprint density at radius 2 is 1.96 bits per heavy atom. The maximum atomic E-state index is 12.8. The zero-order chi connectivity index (χ0) is 19.8. The molecule has 0 spiro atoms. The van der Waals surface area contributed by atoms with Gasteiger partial charge in [0.15, 0.2) is 5.11 Å². The van der Waals surface area contributed by atoms with Crippen LogP contribution in [-0.4, -0.2) is 27.3 Å². The molecule has 0 aliphatic heterocycles. The molecular formula is C20H23N5OS2. The summed E-state index contributed by atoms with van der Waals surface area (Å²) >= 11 is 6.75. The van der Waals surface area contributed by atoms with E-state index < -0.39 is 0 Å². The summed E-state index contributed by atoms with van der Waals surface area (Å²) in [6.07, 6.45) is 5.07. The van der Waals surface area contributed by atoms with Gasteiger partial charge in [-0.1, -0.05) is 44.0 Å². The molecule has 2 heterocycles. The highest BCUT2D eigenvalue weighted by Crippen LogP contribution is 2.27. The number of rotatable bonds is 7. The van der Waals surface area contributed by atoms with Crippen molar-refractivity contribution in [3.8, 4) is 16.3 Å². The van der Waals surface area contributed by atoms with Crippen molar-refractivity contribution in [3.05, 3.63) is 59.6 Å². The fraction of sp³-hybridized carbons (Fsp3) is 0.250. The van der Waals surface area contributed by atoms with Gasteiger partial charge >= 0.3 is 0 Å². The third-order valence-corrected chi connectivity index (χ3v) is 5.21. The van der Waals surface area contributed by atoms with Crippen LogP contribution in [0.4, 0.5) is 0 Å². The van der Waals surface area contributed by atoms with E-state index >= 15 is 0 Å². The van der Waals surface area contributed by atoms with Gasteiger partial charge in [0.2, 0.25) is 0 Å². The summed E-state index contributed by atoms with van der Waals surface area (Å²) in [7, 11) is 0. The van der Waals surface area contributed by atoms with Crippen LogP contribution in [0.3, 0.4) is 0 Å². The van der Waals surface area contributed by atoms with Crippen LogP contribution in [0.25, 0.3) is 16.3 Å². The number of hydrazine groups is 1. The number of carbonyl (C=O) groups excluding carboxylic acids is 1. The summed E-state index contributed by atoms with van der Waals surface area (Å²) in [5.41, 5.74) is 7.44. The molecule has 146 valence electrons. The minimum Gasteiger partial charge on any atom is -0.361 e. The number of nitrogens with one attached hydrogen (secondary N) is 3. The second-order valence-electron chi connectivity index (χ2n) is 6.19. The highest BCUT2D eigenvalue weighted by Gasteiger charge is 2.19. The zero-order valence-corrected chi connectivity index (χ0v) is 17.3. The normalized spacial score (nSPS) is 10.5. The molecule has 0 bridgehead atoms. The Hall–Kier alpha value is -2.71. The van der Waals surface area contributed by atoms with Crippen molar-refractivity contribution in [2.45, 2.75) is 26.2 Å². The summed E-state index contributed by atoms with van der Waals surface area (Å²) in [5.74, 6) is -0.289. The Morgan fingerprint density at radius 3 is 2.68 bits per heavy atom. The van der Waals surface area contributed by atoms with Crippen molar-refractivity contribution in [2.24, 2.45) is 0 Å². The second-order valence-corrected chi connectivity index (χ2v) is 7.55. The fourth-order valence-electron chi connectivity index (χ4n) is 2.65. The summed E-state index contributed by atoms with van der Waals surface area (Å²) in [6.45, 7) is 2.93. The van der Waals surface area contributed by atoms with Gasteiger partial charge in [-0.25, -0.2) is 4.68 Å². The summed E-state index contributed by atoms with van der Waals surface area (Å²) in [4.78, 5) is 13.7. The van der Waals surface area contributed by atoms with E-state index in [1.807, 2.05) is 47.8 Å². The number of hydrogen-bond donors (Lipinski definition) is 3. The van der Waals surface area contributed by atoms with E-state index in [2.05, 4.69) is 28.2 Å². The number of nitrogens with zero attached hydrogens (tertiary/aromatic N) is 2. The minimum atomic E-state index is -0.289. The van der Waals surface area contributed by atoms with Crippen LogP contribution in [0.2, 0.25) is 0 Å². The molecule has 3 aromatic rings. The number of thiophene rings is 1. The molecule has 3 rings (SSSR count). The number of hydrogen-bond acceptors (Lipinski definition) is 4. The molecule has 2 aromatic heterocycles. The van der Waals surface area contributed by atoms with E-state index in [0.717, 1.165) is 36.4 Å². The second kappa shape index (κ2) is 10.0. The third kappa shape index (κ3) is 5.17. The number of para-hydroxylation sites is 1. The number of thiocarbonyl (C=S) groups is 1. The van der Waals surface area contributed by atoms with Crippen molar-refractivity contribution in [2.75, 3.05) is 6.54 Å². The van der Waals surface area contributed by atoms with Gasteiger partial charge in [0.1, 0.15) is 5.69 Å². The van der Waals surface area contributed by atoms with Crippen LogP contribution >= 0.6 is 23.6 Å². The van der Waals surface area contributed by atoms with Crippen LogP contribution in [0.15, 0.2) is 54.0 Å². The first-order valence-electron chi connectivity index (χ1n) is 9.22. The van der Waals surface area contributed by atoms with E-state index in [-0.39, 0.29) is 5.91 Å². The van der Waals surface area contributed by atoms with Crippen LogP contribution < -0.4 is 16.2 Å². The quantitative estimate of drug-likeness (QED) is 0.311. The van der Waals surface area contributed by atoms with Gasteiger partial charge in [-0.2, -0.15) is 5.10 Å². The lowest BCUT2D eigenvalue weighted by Crippen LogP contribution is -2.47. The lowest BCUT2D eigenvalue weighted by Gasteiger charge is -2.11. The largest absolute Gasteiger partial charge is 0.361 e. The third-order valence-electron chi connectivity index (χ3n) is 4.09. The Balaban J connectivity index is 1.72. The van der Waals surface area contributed by atoms with E-state index in [1.54, 1.807) is 22.2 Å². The summed E-state index contributed by atoms with van der Waals surface area (Å²) in [5, 5.41) is 10.1. The first kappa shape index (κ1) is 20.0. The predicted molar refractivity (Wildman–Crippen MR) is 118 cm³/mol. The predicted octanol–water partition coefficient (Wildman–Crippen LogP) is 3.90. The molecule has 8 heteroatoms. The lowest BCUT2D eigenvalue weighted by molar-refractivity contribution is 0.0944. The highest BCUT2D eigenvalue weighted by molar-refractivity contribution is 7.80. The van der Waals surface area contributed by atoms with E-state index in [1.165, 1.54) is 0 Å². The topological polar surface area (TPSA) is 71.0 Å². The Labute approximate surface area is 173 Å². The van der Waals surface area contributed by atoms with E-state index in [0.29, 0.717) is 16.4 Å². The van der Waals surface area contributed by atoms with Crippen molar-refractivity contribution in [1.82, 2.24) is 25.9 Å². The lowest BCUT2D eigenvalue weighted by atomic mass is 10.2. The molecule has 1 aromatic carbocycles. The maximum absolute atomic E-state index is 12.8. The maximum Gasteiger partial charge on any atom is 0.273 e. The number of benzene rings is 1.